The fourth-order valence-corrected chi connectivity index (χ4v) is 2.89. The van der Waals surface area contributed by atoms with E-state index in [0.717, 1.165) is 22.1 Å². The zero-order chi connectivity index (χ0) is 14.5. The molecule has 0 radical (unpaired) electrons. The van der Waals surface area contributed by atoms with Crippen LogP contribution in [0, 0.1) is 11.8 Å². The lowest BCUT2D eigenvalue weighted by atomic mass is 9.98. The van der Waals surface area contributed by atoms with Gasteiger partial charge < -0.3 is 9.84 Å². The maximum absolute atomic E-state index is 8.74. The van der Waals surface area contributed by atoms with Gasteiger partial charge in [0.1, 0.15) is 12.4 Å². The van der Waals surface area contributed by atoms with E-state index >= 15 is 0 Å². The van der Waals surface area contributed by atoms with Crippen molar-refractivity contribution in [2.24, 2.45) is 0 Å². The van der Waals surface area contributed by atoms with Gasteiger partial charge >= 0.3 is 0 Å². The lowest BCUT2D eigenvalue weighted by Crippen LogP contribution is -2.19. The Morgan fingerprint density at radius 1 is 1.00 bits per heavy atom. The first-order chi connectivity index (χ1) is 10.3. The molecule has 108 valence electrons. The molecule has 1 fully saturated rings. The van der Waals surface area contributed by atoms with Crippen molar-refractivity contribution < 1.29 is 9.84 Å². The molecule has 0 atom stereocenters. The van der Waals surface area contributed by atoms with Crippen molar-refractivity contribution in [3.63, 3.8) is 0 Å². The van der Waals surface area contributed by atoms with Crippen molar-refractivity contribution in [1.29, 1.82) is 0 Å². The molecule has 0 spiro atoms. The number of hydrogen-bond acceptors (Lipinski definition) is 2. The smallest absolute Gasteiger partial charge is 0.120 e. The largest absolute Gasteiger partial charge is 0.490 e. The van der Waals surface area contributed by atoms with Crippen LogP contribution in [-0.2, 0) is 0 Å². The summed E-state index contributed by atoms with van der Waals surface area (Å²) in [6.45, 7) is -0.105. The number of hydrogen-bond donors (Lipinski definition) is 1. The second kappa shape index (κ2) is 6.65. The van der Waals surface area contributed by atoms with Crippen LogP contribution >= 0.6 is 0 Å². The molecule has 0 aliphatic heterocycles. The molecule has 2 heteroatoms. The molecule has 0 amide bonds. The molecule has 2 nitrogen and oxygen atoms in total. The van der Waals surface area contributed by atoms with Crippen LogP contribution in [0.4, 0.5) is 0 Å². The molecule has 0 heterocycles. The first-order valence-corrected chi connectivity index (χ1v) is 7.65. The van der Waals surface area contributed by atoms with E-state index in [-0.39, 0.29) is 6.61 Å². The molecule has 2 aromatic rings. The van der Waals surface area contributed by atoms with Crippen molar-refractivity contribution in [3.8, 4) is 17.6 Å². The monoisotopic (exact) mass is 280 g/mol. The summed E-state index contributed by atoms with van der Waals surface area (Å²) in [6, 6.07) is 12.3. The fraction of sp³-hybridized carbons (Fsp3) is 0.368. The third-order valence-electron chi connectivity index (χ3n) is 3.98. The van der Waals surface area contributed by atoms with Crippen LogP contribution in [0.25, 0.3) is 10.8 Å². The summed E-state index contributed by atoms with van der Waals surface area (Å²) in [5.74, 6) is 6.57. The molecule has 1 N–H and O–H groups in total. The Kier molecular flexibility index (Phi) is 4.43. The van der Waals surface area contributed by atoms with E-state index in [1.807, 2.05) is 18.2 Å². The summed E-state index contributed by atoms with van der Waals surface area (Å²) in [5.41, 5.74) is 0.928. The molecule has 21 heavy (non-hydrogen) atoms. The fourth-order valence-electron chi connectivity index (χ4n) is 2.89. The van der Waals surface area contributed by atoms with Gasteiger partial charge in [-0.3, -0.25) is 0 Å². The Hall–Kier alpha value is -1.98. The van der Waals surface area contributed by atoms with Crippen LogP contribution in [0.3, 0.4) is 0 Å². The first kappa shape index (κ1) is 14.0. The first-order valence-electron chi connectivity index (χ1n) is 7.65. The number of rotatable bonds is 2. The zero-order valence-electron chi connectivity index (χ0n) is 12.1. The summed E-state index contributed by atoms with van der Waals surface area (Å²) in [7, 11) is 0. The van der Waals surface area contributed by atoms with E-state index < -0.39 is 0 Å². The molecular weight excluding hydrogens is 260 g/mol. The Balaban J connectivity index is 1.79. The summed E-state index contributed by atoms with van der Waals surface area (Å²) in [5, 5.41) is 11.1. The van der Waals surface area contributed by atoms with Gasteiger partial charge in [0.2, 0.25) is 0 Å². The van der Waals surface area contributed by atoms with Gasteiger partial charge in [0, 0.05) is 5.56 Å². The third-order valence-corrected chi connectivity index (χ3v) is 3.98. The Bertz CT molecular complexity index is 673. The number of ether oxygens (including phenoxy) is 1. The predicted octanol–water partition coefficient (Wildman–Crippen LogP) is 3.90. The summed E-state index contributed by atoms with van der Waals surface area (Å²) in [4.78, 5) is 0. The standard InChI is InChI=1S/C19H20O2/c20-12-4-5-15-8-9-17-14-19(11-10-16(17)13-15)21-18-6-2-1-3-7-18/h8-11,13-14,18,20H,1-3,6-7,12H2. The van der Waals surface area contributed by atoms with Gasteiger partial charge in [-0.25, -0.2) is 0 Å². The summed E-state index contributed by atoms with van der Waals surface area (Å²) < 4.78 is 6.10. The molecule has 3 rings (SSSR count). The maximum Gasteiger partial charge on any atom is 0.120 e. The van der Waals surface area contributed by atoms with Crippen molar-refractivity contribution in [1.82, 2.24) is 0 Å². The Morgan fingerprint density at radius 2 is 1.76 bits per heavy atom. The van der Waals surface area contributed by atoms with Gasteiger partial charge in [-0.05, 0) is 60.7 Å². The van der Waals surface area contributed by atoms with Gasteiger partial charge in [-0.1, -0.05) is 30.4 Å². The molecule has 1 aliphatic rings. The van der Waals surface area contributed by atoms with Crippen molar-refractivity contribution in [2.45, 2.75) is 38.2 Å². The highest BCUT2D eigenvalue weighted by Gasteiger charge is 2.14. The van der Waals surface area contributed by atoms with Crippen LogP contribution < -0.4 is 4.74 Å². The predicted molar refractivity (Wildman–Crippen MR) is 85.4 cm³/mol. The molecule has 0 bridgehead atoms. The second-order valence-corrected chi connectivity index (χ2v) is 5.56. The van der Waals surface area contributed by atoms with Crippen LogP contribution in [-0.4, -0.2) is 17.8 Å². The van der Waals surface area contributed by atoms with E-state index in [9.17, 15) is 0 Å². The zero-order valence-corrected chi connectivity index (χ0v) is 12.1. The number of benzene rings is 2. The van der Waals surface area contributed by atoms with Crippen molar-refractivity contribution in [3.05, 3.63) is 42.0 Å². The summed E-state index contributed by atoms with van der Waals surface area (Å²) >= 11 is 0. The number of fused-ring (bicyclic) bond motifs is 1. The molecule has 2 aromatic carbocycles. The van der Waals surface area contributed by atoms with Gasteiger partial charge in [-0.15, -0.1) is 0 Å². The lowest BCUT2D eigenvalue weighted by Gasteiger charge is -2.23. The minimum atomic E-state index is -0.105. The highest BCUT2D eigenvalue weighted by molar-refractivity contribution is 5.85. The average Bonchev–Trinajstić information content (AvgIpc) is 2.54. The number of aliphatic hydroxyl groups excluding tert-OH is 1. The van der Waals surface area contributed by atoms with Crippen LogP contribution in [0.5, 0.6) is 5.75 Å². The minimum absolute atomic E-state index is 0.105. The molecule has 0 saturated heterocycles. The SMILES string of the molecule is OCC#Cc1ccc2cc(OC3CCCCC3)ccc2c1. The van der Waals surface area contributed by atoms with Gasteiger partial charge in [0.05, 0.1) is 6.10 Å². The van der Waals surface area contributed by atoms with E-state index in [1.54, 1.807) is 0 Å². The average molecular weight is 280 g/mol. The highest BCUT2D eigenvalue weighted by atomic mass is 16.5. The normalized spacial score (nSPS) is 15.5. The third kappa shape index (κ3) is 3.56. The van der Waals surface area contributed by atoms with Crippen molar-refractivity contribution in [2.75, 3.05) is 6.61 Å². The molecular formula is C19H20O2. The topological polar surface area (TPSA) is 29.5 Å². The van der Waals surface area contributed by atoms with E-state index in [1.165, 1.54) is 32.1 Å². The second-order valence-electron chi connectivity index (χ2n) is 5.56. The van der Waals surface area contributed by atoms with Gasteiger partial charge in [-0.2, -0.15) is 0 Å². The van der Waals surface area contributed by atoms with Crippen LogP contribution in [0.2, 0.25) is 0 Å². The van der Waals surface area contributed by atoms with Gasteiger partial charge in [0.15, 0.2) is 0 Å². The minimum Gasteiger partial charge on any atom is -0.490 e. The molecule has 0 aromatic heterocycles. The Labute approximate surface area is 125 Å². The number of aliphatic hydroxyl groups is 1. The van der Waals surface area contributed by atoms with Gasteiger partial charge in [0.25, 0.3) is 0 Å². The molecule has 0 unspecified atom stereocenters. The van der Waals surface area contributed by atoms with E-state index in [0.29, 0.717) is 6.10 Å². The van der Waals surface area contributed by atoms with Crippen LogP contribution in [0.1, 0.15) is 37.7 Å². The van der Waals surface area contributed by atoms with E-state index in [4.69, 9.17) is 9.84 Å². The van der Waals surface area contributed by atoms with E-state index in [2.05, 4.69) is 30.0 Å². The highest BCUT2D eigenvalue weighted by Crippen LogP contribution is 2.26. The van der Waals surface area contributed by atoms with Crippen molar-refractivity contribution >= 4 is 10.8 Å². The Morgan fingerprint density at radius 3 is 2.57 bits per heavy atom. The maximum atomic E-state index is 8.74. The van der Waals surface area contributed by atoms with Crippen LogP contribution in [0.15, 0.2) is 36.4 Å². The molecule has 1 saturated carbocycles. The summed E-state index contributed by atoms with van der Waals surface area (Å²) in [6.07, 6.45) is 6.64. The lowest BCUT2D eigenvalue weighted by molar-refractivity contribution is 0.155. The molecule has 1 aliphatic carbocycles. The quantitative estimate of drug-likeness (QED) is 0.846.